The second kappa shape index (κ2) is 4.38. The zero-order valence-electron chi connectivity index (χ0n) is 8.39. The molecule has 0 aliphatic rings. The standard InChI is InChI=1S/C11H16FN/c1-8(2)9-4-5-11(12)10(6-9)7-13-3/h4-6,8,13H,7H2,1-3H3. The molecule has 0 heterocycles. The first kappa shape index (κ1) is 10.2. The van der Waals surface area contributed by atoms with Gasteiger partial charge in [-0.25, -0.2) is 4.39 Å². The summed E-state index contributed by atoms with van der Waals surface area (Å²) in [7, 11) is 1.82. The van der Waals surface area contributed by atoms with Gasteiger partial charge < -0.3 is 5.32 Å². The summed E-state index contributed by atoms with van der Waals surface area (Å²) in [6.07, 6.45) is 0. The number of rotatable bonds is 3. The lowest BCUT2D eigenvalue weighted by molar-refractivity contribution is 0.599. The Kier molecular flexibility index (Phi) is 3.43. The fourth-order valence-corrected chi connectivity index (χ4v) is 1.28. The number of hydrogen-bond donors (Lipinski definition) is 1. The quantitative estimate of drug-likeness (QED) is 0.756. The summed E-state index contributed by atoms with van der Waals surface area (Å²) in [4.78, 5) is 0. The monoisotopic (exact) mass is 181 g/mol. The Morgan fingerprint density at radius 2 is 2.08 bits per heavy atom. The fourth-order valence-electron chi connectivity index (χ4n) is 1.28. The predicted molar refractivity (Wildman–Crippen MR) is 53.3 cm³/mol. The van der Waals surface area contributed by atoms with Crippen LogP contribution in [0, 0.1) is 5.82 Å². The third-order valence-electron chi connectivity index (χ3n) is 2.10. The molecule has 1 aromatic carbocycles. The van der Waals surface area contributed by atoms with E-state index in [0.29, 0.717) is 12.5 Å². The summed E-state index contributed by atoms with van der Waals surface area (Å²) >= 11 is 0. The van der Waals surface area contributed by atoms with Gasteiger partial charge in [0.1, 0.15) is 5.82 Å². The van der Waals surface area contributed by atoms with E-state index in [9.17, 15) is 4.39 Å². The minimum Gasteiger partial charge on any atom is -0.316 e. The van der Waals surface area contributed by atoms with Crippen LogP contribution in [0.25, 0.3) is 0 Å². The van der Waals surface area contributed by atoms with E-state index in [1.54, 1.807) is 6.07 Å². The number of halogens is 1. The summed E-state index contributed by atoms with van der Waals surface area (Å²) in [5.74, 6) is 0.329. The van der Waals surface area contributed by atoms with E-state index < -0.39 is 0 Å². The van der Waals surface area contributed by atoms with Crippen molar-refractivity contribution in [2.45, 2.75) is 26.3 Å². The molecule has 1 N–H and O–H groups in total. The number of nitrogens with one attached hydrogen (secondary N) is 1. The summed E-state index contributed by atoms with van der Waals surface area (Å²) in [5.41, 5.74) is 1.93. The highest BCUT2D eigenvalue weighted by molar-refractivity contribution is 5.27. The minimum atomic E-state index is -0.126. The number of benzene rings is 1. The van der Waals surface area contributed by atoms with Crippen molar-refractivity contribution < 1.29 is 4.39 Å². The van der Waals surface area contributed by atoms with Crippen LogP contribution in [0.1, 0.15) is 30.9 Å². The van der Waals surface area contributed by atoms with Crippen molar-refractivity contribution in [3.63, 3.8) is 0 Å². The van der Waals surface area contributed by atoms with Crippen molar-refractivity contribution in [1.82, 2.24) is 5.32 Å². The molecule has 1 rings (SSSR count). The van der Waals surface area contributed by atoms with Crippen molar-refractivity contribution in [3.8, 4) is 0 Å². The highest BCUT2D eigenvalue weighted by Gasteiger charge is 2.04. The van der Waals surface area contributed by atoms with Gasteiger partial charge in [0.25, 0.3) is 0 Å². The van der Waals surface area contributed by atoms with Gasteiger partial charge in [0.15, 0.2) is 0 Å². The minimum absolute atomic E-state index is 0.126. The molecule has 1 aromatic rings. The normalized spacial score (nSPS) is 10.8. The first-order chi connectivity index (χ1) is 6.15. The molecule has 0 aromatic heterocycles. The van der Waals surface area contributed by atoms with Crippen molar-refractivity contribution in [3.05, 3.63) is 35.1 Å². The molecule has 0 atom stereocenters. The molecule has 0 aliphatic carbocycles. The van der Waals surface area contributed by atoms with Crippen molar-refractivity contribution in [2.75, 3.05) is 7.05 Å². The average molecular weight is 181 g/mol. The topological polar surface area (TPSA) is 12.0 Å². The maximum absolute atomic E-state index is 13.2. The van der Waals surface area contributed by atoms with Crippen LogP contribution in [0.3, 0.4) is 0 Å². The summed E-state index contributed by atoms with van der Waals surface area (Å²) in [6.45, 7) is 4.80. The molecule has 2 heteroatoms. The first-order valence-corrected chi connectivity index (χ1v) is 4.58. The Morgan fingerprint density at radius 1 is 1.38 bits per heavy atom. The zero-order valence-corrected chi connectivity index (χ0v) is 8.39. The molecule has 0 unspecified atom stereocenters. The maximum Gasteiger partial charge on any atom is 0.127 e. The van der Waals surface area contributed by atoms with E-state index >= 15 is 0 Å². The van der Waals surface area contributed by atoms with Crippen molar-refractivity contribution in [2.24, 2.45) is 0 Å². The molecule has 0 radical (unpaired) electrons. The van der Waals surface area contributed by atoms with E-state index in [1.807, 2.05) is 19.2 Å². The van der Waals surface area contributed by atoms with Crippen LogP contribution < -0.4 is 5.32 Å². The van der Waals surface area contributed by atoms with Crippen molar-refractivity contribution in [1.29, 1.82) is 0 Å². The van der Waals surface area contributed by atoms with Gasteiger partial charge in [0.05, 0.1) is 0 Å². The van der Waals surface area contributed by atoms with Crippen LogP contribution in [0.2, 0.25) is 0 Å². The second-order valence-corrected chi connectivity index (χ2v) is 3.54. The Hall–Kier alpha value is -0.890. The molecule has 0 aliphatic heterocycles. The molecule has 0 saturated carbocycles. The van der Waals surface area contributed by atoms with E-state index in [-0.39, 0.29) is 5.82 Å². The summed E-state index contributed by atoms with van der Waals surface area (Å²) in [6, 6.07) is 5.32. The molecule has 72 valence electrons. The van der Waals surface area contributed by atoms with Gasteiger partial charge in [-0.15, -0.1) is 0 Å². The van der Waals surface area contributed by atoms with Gasteiger partial charge in [0, 0.05) is 12.1 Å². The first-order valence-electron chi connectivity index (χ1n) is 4.58. The maximum atomic E-state index is 13.2. The van der Waals surface area contributed by atoms with E-state index in [0.717, 1.165) is 5.56 Å². The van der Waals surface area contributed by atoms with Gasteiger partial charge in [-0.2, -0.15) is 0 Å². The molecule has 13 heavy (non-hydrogen) atoms. The molecule has 0 amide bonds. The molecule has 0 saturated heterocycles. The third kappa shape index (κ3) is 2.52. The third-order valence-corrected chi connectivity index (χ3v) is 2.10. The SMILES string of the molecule is CNCc1cc(C(C)C)ccc1F. The molecule has 0 bridgehead atoms. The van der Waals surface area contributed by atoms with Crippen LogP contribution in [-0.2, 0) is 6.54 Å². The lowest BCUT2D eigenvalue weighted by Gasteiger charge is -2.08. The van der Waals surface area contributed by atoms with Crippen LogP contribution in [0.5, 0.6) is 0 Å². The van der Waals surface area contributed by atoms with Gasteiger partial charge in [-0.1, -0.05) is 26.0 Å². The van der Waals surface area contributed by atoms with Crippen molar-refractivity contribution >= 4 is 0 Å². The lowest BCUT2D eigenvalue weighted by Crippen LogP contribution is -2.07. The number of hydrogen-bond acceptors (Lipinski definition) is 1. The molecular formula is C11H16FN. The molecule has 0 spiro atoms. The van der Waals surface area contributed by atoms with Crippen LogP contribution in [0.15, 0.2) is 18.2 Å². The van der Waals surface area contributed by atoms with E-state index in [1.165, 1.54) is 5.56 Å². The summed E-state index contributed by atoms with van der Waals surface area (Å²) < 4.78 is 13.2. The molecular weight excluding hydrogens is 165 g/mol. The van der Waals surface area contributed by atoms with E-state index in [2.05, 4.69) is 19.2 Å². The Balaban J connectivity index is 2.97. The fraction of sp³-hybridized carbons (Fsp3) is 0.455. The lowest BCUT2D eigenvalue weighted by atomic mass is 10.0. The molecule has 1 nitrogen and oxygen atoms in total. The summed E-state index contributed by atoms with van der Waals surface area (Å²) in [5, 5.41) is 2.95. The Bertz CT molecular complexity index is 281. The van der Waals surface area contributed by atoms with E-state index in [4.69, 9.17) is 0 Å². The van der Waals surface area contributed by atoms with Gasteiger partial charge in [0.2, 0.25) is 0 Å². The average Bonchev–Trinajstić information content (AvgIpc) is 2.08. The van der Waals surface area contributed by atoms with Crippen LogP contribution >= 0.6 is 0 Å². The highest BCUT2D eigenvalue weighted by atomic mass is 19.1. The van der Waals surface area contributed by atoms with Gasteiger partial charge in [-0.3, -0.25) is 0 Å². The Labute approximate surface area is 79.0 Å². The largest absolute Gasteiger partial charge is 0.316 e. The highest BCUT2D eigenvalue weighted by Crippen LogP contribution is 2.17. The van der Waals surface area contributed by atoms with Crippen LogP contribution in [-0.4, -0.2) is 7.05 Å². The smallest absolute Gasteiger partial charge is 0.127 e. The second-order valence-electron chi connectivity index (χ2n) is 3.54. The van der Waals surface area contributed by atoms with Gasteiger partial charge >= 0.3 is 0 Å². The molecule has 0 fully saturated rings. The van der Waals surface area contributed by atoms with Crippen LogP contribution in [0.4, 0.5) is 4.39 Å². The Morgan fingerprint density at radius 3 is 2.62 bits per heavy atom. The van der Waals surface area contributed by atoms with Gasteiger partial charge in [-0.05, 0) is 24.6 Å². The predicted octanol–water partition coefficient (Wildman–Crippen LogP) is 2.67. The zero-order chi connectivity index (χ0) is 9.84.